The van der Waals surface area contributed by atoms with Gasteiger partial charge in [-0.1, -0.05) is 11.6 Å². The van der Waals surface area contributed by atoms with Crippen molar-refractivity contribution in [1.82, 2.24) is 5.43 Å². The van der Waals surface area contributed by atoms with E-state index in [1.54, 1.807) is 0 Å². The van der Waals surface area contributed by atoms with Gasteiger partial charge in [0.05, 0.1) is 22.7 Å². The largest absolute Gasteiger partial charge is 0.298 e. The molecule has 2 aromatic rings. The Hall–Kier alpha value is -2.39. The van der Waals surface area contributed by atoms with E-state index in [9.17, 15) is 22.0 Å². The average Bonchev–Trinajstić information content (AvgIpc) is 2.49. The Morgan fingerprint density at radius 1 is 1.08 bits per heavy atom. The van der Waals surface area contributed by atoms with Crippen LogP contribution in [0.15, 0.2) is 36.4 Å². The van der Waals surface area contributed by atoms with Crippen LogP contribution in [0.25, 0.3) is 0 Å². The molecule has 10 heteroatoms. The normalized spacial score (nSPS) is 11.0. The van der Waals surface area contributed by atoms with Gasteiger partial charge in [-0.15, -0.1) is 0 Å². The molecule has 0 heterocycles. The maximum atomic E-state index is 13.1. The molecule has 0 radical (unpaired) electrons. The van der Waals surface area contributed by atoms with Gasteiger partial charge < -0.3 is 0 Å². The van der Waals surface area contributed by atoms with Crippen molar-refractivity contribution in [2.75, 3.05) is 16.4 Å². The van der Waals surface area contributed by atoms with Crippen LogP contribution < -0.4 is 15.6 Å². The van der Waals surface area contributed by atoms with Crippen molar-refractivity contribution in [2.45, 2.75) is 0 Å². The molecule has 6 nitrogen and oxygen atoms in total. The number of sulfonamides is 1. The van der Waals surface area contributed by atoms with Gasteiger partial charge in [0.2, 0.25) is 10.0 Å². The Balaban J connectivity index is 2.12. The summed E-state index contributed by atoms with van der Waals surface area (Å²) in [7, 11) is -3.57. The van der Waals surface area contributed by atoms with E-state index in [-0.39, 0.29) is 22.0 Å². The first kappa shape index (κ1) is 18.0. The summed E-state index contributed by atoms with van der Waals surface area (Å²) < 4.78 is 50.6. The van der Waals surface area contributed by atoms with Crippen molar-refractivity contribution in [3.05, 3.63) is 58.6 Å². The number of rotatable bonds is 5. The lowest BCUT2D eigenvalue weighted by Crippen LogP contribution is -2.29. The van der Waals surface area contributed by atoms with E-state index in [0.29, 0.717) is 0 Å². The first-order valence-corrected chi connectivity index (χ1v) is 8.71. The van der Waals surface area contributed by atoms with Crippen LogP contribution in [-0.4, -0.2) is 20.6 Å². The Labute approximate surface area is 141 Å². The fourth-order valence-electron chi connectivity index (χ4n) is 1.72. The molecular formula is C14H12ClF2N3O3S. The van der Waals surface area contributed by atoms with Gasteiger partial charge in [-0.25, -0.2) is 17.2 Å². The highest BCUT2D eigenvalue weighted by Crippen LogP contribution is 2.24. The molecule has 0 saturated heterocycles. The summed E-state index contributed by atoms with van der Waals surface area (Å²) in [5, 5.41) is 0.116. The van der Waals surface area contributed by atoms with Crippen LogP contribution in [0, 0.1) is 11.6 Å². The zero-order valence-electron chi connectivity index (χ0n) is 12.2. The van der Waals surface area contributed by atoms with E-state index >= 15 is 0 Å². The summed E-state index contributed by atoms with van der Waals surface area (Å²) in [6, 6.07) is 6.97. The molecule has 3 N–H and O–H groups in total. The van der Waals surface area contributed by atoms with E-state index in [2.05, 4.69) is 15.6 Å². The van der Waals surface area contributed by atoms with Crippen LogP contribution >= 0.6 is 11.6 Å². The number of carbonyl (C=O) groups excluding carboxylic acids is 1. The molecule has 0 fully saturated rings. The van der Waals surface area contributed by atoms with Gasteiger partial charge >= 0.3 is 0 Å². The average molecular weight is 376 g/mol. The molecule has 0 aliphatic carbocycles. The Morgan fingerprint density at radius 2 is 1.79 bits per heavy atom. The molecule has 0 unspecified atom stereocenters. The minimum Gasteiger partial charge on any atom is -0.298 e. The van der Waals surface area contributed by atoms with Crippen molar-refractivity contribution in [1.29, 1.82) is 0 Å². The summed E-state index contributed by atoms with van der Waals surface area (Å²) in [5.41, 5.74) is 4.96. The van der Waals surface area contributed by atoms with Crippen molar-refractivity contribution in [3.8, 4) is 0 Å². The van der Waals surface area contributed by atoms with Crippen LogP contribution in [0.4, 0.5) is 20.2 Å². The highest BCUT2D eigenvalue weighted by atomic mass is 35.5. The fourth-order valence-corrected chi connectivity index (χ4v) is 2.51. The molecule has 2 rings (SSSR count). The molecule has 0 aromatic heterocycles. The minimum atomic E-state index is -3.57. The predicted molar refractivity (Wildman–Crippen MR) is 87.4 cm³/mol. The predicted octanol–water partition coefficient (Wildman–Crippen LogP) is 2.75. The van der Waals surface area contributed by atoms with Crippen molar-refractivity contribution in [3.63, 3.8) is 0 Å². The third-order valence-electron chi connectivity index (χ3n) is 2.76. The molecule has 2 aromatic carbocycles. The van der Waals surface area contributed by atoms with E-state index in [1.807, 2.05) is 0 Å². The van der Waals surface area contributed by atoms with Gasteiger partial charge in [-0.2, -0.15) is 0 Å². The number of anilines is 2. The topological polar surface area (TPSA) is 87.3 Å². The molecule has 0 atom stereocenters. The molecular weight excluding hydrogens is 364 g/mol. The van der Waals surface area contributed by atoms with Crippen LogP contribution in [-0.2, 0) is 10.0 Å². The summed E-state index contributed by atoms with van der Waals surface area (Å²) in [6.45, 7) is 0. The lowest BCUT2D eigenvalue weighted by Gasteiger charge is -2.11. The monoisotopic (exact) mass is 375 g/mol. The maximum Gasteiger partial charge on any atom is 0.269 e. The maximum absolute atomic E-state index is 13.1. The van der Waals surface area contributed by atoms with Crippen LogP contribution in [0.3, 0.4) is 0 Å². The molecule has 0 bridgehead atoms. The zero-order valence-corrected chi connectivity index (χ0v) is 13.8. The SMILES string of the molecule is CS(=O)(=O)Nc1cc(C(=O)NNc2ccc(F)c(F)c2)ccc1Cl. The lowest BCUT2D eigenvalue weighted by atomic mass is 10.2. The number of hydrogen-bond acceptors (Lipinski definition) is 4. The van der Waals surface area contributed by atoms with E-state index in [0.717, 1.165) is 18.4 Å². The first-order valence-electron chi connectivity index (χ1n) is 6.44. The number of nitrogens with one attached hydrogen (secondary N) is 3. The molecule has 1 amide bonds. The molecule has 0 spiro atoms. The second kappa shape index (κ2) is 7.02. The molecule has 24 heavy (non-hydrogen) atoms. The minimum absolute atomic E-state index is 0.0413. The van der Waals surface area contributed by atoms with Crippen molar-refractivity contribution >= 4 is 38.9 Å². The quantitative estimate of drug-likeness (QED) is 0.701. The molecule has 0 aliphatic heterocycles. The Bertz CT molecular complexity index is 891. The van der Waals surface area contributed by atoms with E-state index in [1.165, 1.54) is 24.3 Å². The summed E-state index contributed by atoms with van der Waals surface area (Å²) in [5.74, 6) is -2.71. The van der Waals surface area contributed by atoms with Gasteiger partial charge in [0, 0.05) is 11.6 Å². The third-order valence-corrected chi connectivity index (χ3v) is 3.68. The van der Waals surface area contributed by atoms with E-state index in [4.69, 9.17) is 11.6 Å². The molecule has 0 aliphatic rings. The molecule has 128 valence electrons. The van der Waals surface area contributed by atoms with E-state index < -0.39 is 27.6 Å². The smallest absolute Gasteiger partial charge is 0.269 e. The highest BCUT2D eigenvalue weighted by molar-refractivity contribution is 7.92. The van der Waals surface area contributed by atoms with Gasteiger partial charge in [-0.3, -0.25) is 20.4 Å². The van der Waals surface area contributed by atoms with Gasteiger partial charge in [0.1, 0.15) is 0 Å². The third kappa shape index (κ3) is 4.80. The first-order chi connectivity index (χ1) is 11.2. The Morgan fingerprint density at radius 3 is 2.42 bits per heavy atom. The van der Waals surface area contributed by atoms with Crippen molar-refractivity contribution < 1.29 is 22.0 Å². The van der Waals surface area contributed by atoms with Crippen molar-refractivity contribution in [2.24, 2.45) is 0 Å². The van der Waals surface area contributed by atoms with Gasteiger partial charge in [0.15, 0.2) is 11.6 Å². The number of hydrazine groups is 1. The summed E-state index contributed by atoms with van der Waals surface area (Å²) >= 11 is 5.86. The number of amides is 1. The fraction of sp³-hybridized carbons (Fsp3) is 0.0714. The molecule has 0 saturated carbocycles. The van der Waals surface area contributed by atoms with Gasteiger partial charge in [0.25, 0.3) is 5.91 Å². The lowest BCUT2D eigenvalue weighted by molar-refractivity contribution is 0.0962. The van der Waals surface area contributed by atoms with Crippen LogP contribution in [0.1, 0.15) is 10.4 Å². The summed E-state index contributed by atoms with van der Waals surface area (Å²) in [4.78, 5) is 12.0. The standard InChI is InChI=1S/C14H12ClF2N3O3S/c1-24(22,23)20-13-6-8(2-4-10(13)15)14(21)19-18-9-3-5-11(16)12(17)7-9/h2-7,18,20H,1H3,(H,19,21). The highest BCUT2D eigenvalue weighted by Gasteiger charge is 2.12. The van der Waals surface area contributed by atoms with Gasteiger partial charge in [-0.05, 0) is 30.3 Å². The summed E-state index contributed by atoms with van der Waals surface area (Å²) in [6.07, 6.45) is 0.945. The number of benzene rings is 2. The number of hydrogen-bond donors (Lipinski definition) is 3. The number of carbonyl (C=O) groups is 1. The number of halogens is 3. The second-order valence-corrected chi connectivity index (χ2v) is 6.93. The second-order valence-electron chi connectivity index (χ2n) is 4.78. The zero-order chi connectivity index (χ0) is 17.9. The van der Waals surface area contributed by atoms with Crippen LogP contribution in [0.2, 0.25) is 5.02 Å². The van der Waals surface area contributed by atoms with Crippen LogP contribution in [0.5, 0.6) is 0 Å². The Kier molecular flexibility index (Phi) is 5.25.